The van der Waals surface area contributed by atoms with Crippen molar-refractivity contribution in [1.82, 2.24) is 10.6 Å². The highest BCUT2D eigenvalue weighted by Crippen LogP contribution is 2.10. The third-order valence-electron chi connectivity index (χ3n) is 2.88. The molecule has 1 rings (SSSR count). The summed E-state index contributed by atoms with van der Waals surface area (Å²) >= 11 is 0. The molecule has 0 fully saturated rings. The van der Waals surface area contributed by atoms with Gasteiger partial charge in [-0.05, 0) is 37.6 Å². The molecule has 0 aliphatic carbocycles. The predicted molar refractivity (Wildman–Crippen MR) is 79.0 cm³/mol. The second-order valence-corrected chi connectivity index (χ2v) is 6.92. The monoisotopic (exact) mass is 284 g/mol. The molecule has 1 aromatic carbocycles. The maximum absolute atomic E-state index is 11.3. The van der Waals surface area contributed by atoms with E-state index >= 15 is 0 Å². The summed E-state index contributed by atoms with van der Waals surface area (Å²) in [5.41, 5.74) is 1.09. The van der Waals surface area contributed by atoms with Crippen LogP contribution >= 0.6 is 0 Å². The molecule has 0 aromatic heterocycles. The normalized spacial score (nSPS) is 13.4. The molecular weight excluding hydrogens is 260 g/mol. The fourth-order valence-electron chi connectivity index (χ4n) is 1.71. The van der Waals surface area contributed by atoms with Crippen LogP contribution in [0, 0.1) is 0 Å². The van der Waals surface area contributed by atoms with E-state index in [-0.39, 0.29) is 0 Å². The lowest BCUT2D eigenvalue weighted by Crippen LogP contribution is -2.36. The van der Waals surface area contributed by atoms with Gasteiger partial charge in [0, 0.05) is 25.4 Å². The van der Waals surface area contributed by atoms with E-state index in [1.165, 1.54) is 6.26 Å². The maximum Gasteiger partial charge on any atom is 0.175 e. The quantitative estimate of drug-likeness (QED) is 0.711. The molecule has 0 amide bonds. The summed E-state index contributed by atoms with van der Waals surface area (Å²) in [4.78, 5) is 0.369. The SMILES string of the molecule is CCCNCC(C)NCc1ccc(S(C)(=O)=O)cc1. The molecule has 5 heteroatoms. The Bertz CT molecular complexity index is 469. The van der Waals surface area contributed by atoms with Crippen molar-refractivity contribution in [3.63, 3.8) is 0 Å². The predicted octanol–water partition coefficient (Wildman–Crippen LogP) is 1.57. The molecule has 1 aromatic rings. The molecule has 0 saturated carbocycles. The first kappa shape index (κ1) is 16.1. The van der Waals surface area contributed by atoms with Gasteiger partial charge in [0.2, 0.25) is 0 Å². The topological polar surface area (TPSA) is 58.2 Å². The first-order valence-electron chi connectivity index (χ1n) is 6.66. The van der Waals surface area contributed by atoms with Crippen LogP contribution in [-0.2, 0) is 16.4 Å². The van der Waals surface area contributed by atoms with Gasteiger partial charge in [0.25, 0.3) is 0 Å². The summed E-state index contributed by atoms with van der Waals surface area (Å²) in [6.45, 7) is 7.01. The first-order valence-corrected chi connectivity index (χ1v) is 8.55. The highest BCUT2D eigenvalue weighted by Gasteiger charge is 2.06. The average Bonchev–Trinajstić information content (AvgIpc) is 2.36. The number of nitrogens with one attached hydrogen (secondary N) is 2. The first-order chi connectivity index (χ1) is 8.93. The molecule has 0 aliphatic rings. The molecule has 0 heterocycles. The molecule has 4 nitrogen and oxygen atoms in total. The van der Waals surface area contributed by atoms with Gasteiger partial charge in [0.15, 0.2) is 9.84 Å². The highest BCUT2D eigenvalue weighted by atomic mass is 32.2. The minimum absolute atomic E-state index is 0.369. The van der Waals surface area contributed by atoms with Crippen molar-refractivity contribution in [3.05, 3.63) is 29.8 Å². The van der Waals surface area contributed by atoms with Crippen molar-refractivity contribution in [3.8, 4) is 0 Å². The molecule has 1 atom stereocenters. The molecule has 0 bridgehead atoms. The zero-order chi connectivity index (χ0) is 14.3. The summed E-state index contributed by atoms with van der Waals surface area (Å²) in [6, 6.07) is 7.42. The Labute approximate surface area is 116 Å². The number of sulfone groups is 1. The van der Waals surface area contributed by atoms with Crippen LogP contribution in [0.4, 0.5) is 0 Å². The van der Waals surface area contributed by atoms with Crippen LogP contribution in [0.25, 0.3) is 0 Å². The minimum Gasteiger partial charge on any atom is -0.315 e. The van der Waals surface area contributed by atoms with Crippen molar-refractivity contribution in [1.29, 1.82) is 0 Å². The number of hydrogen-bond donors (Lipinski definition) is 2. The number of hydrogen-bond acceptors (Lipinski definition) is 4. The standard InChI is InChI=1S/C14H24N2O2S/c1-4-9-15-10-12(2)16-11-13-5-7-14(8-6-13)19(3,17)18/h5-8,12,15-16H,4,9-11H2,1-3H3. The van der Waals surface area contributed by atoms with Crippen LogP contribution in [0.15, 0.2) is 29.2 Å². The molecule has 2 N–H and O–H groups in total. The minimum atomic E-state index is -3.10. The Morgan fingerprint density at radius 3 is 2.37 bits per heavy atom. The van der Waals surface area contributed by atoms with E-state index in [2.05, 4.69) is 24.5 Å². The van der Waals surface area contributed by atoms with E-state index in [9.17, 15) is 8.42 Å². The summed E-state index contributed by atoms with van der Waals surface area (Å²) < 4.78 is 22.7. The van der Waals surface area contributed by atoms with Gasteiger partial charge in [0.1, 0.15) is 0 Å². The average molecular weight is 284 g/mol. The number of rotatable bonds is 8. The van der Waals surface area contributed by atoms with Crippen molar-refractivity contribution in [2.75, 3.05) is 19.3 Å². The van der Waals surface area contributed by atoms with Gasteiger partial charge in [-0.15, -0.1) is 0 Å². The zero-order valence-corrected chi connectivity index (χ0v) is 12.8. The van der Waals surface area contributed by atoms with E-state index in [0.29, 0.717) is 10.9 Å². The van der Waals surface area contributed by atoms with E-state index in [0.717, 1.165) is 31.6 Å². The Morgan fingerprint density at radius 1 is 1.21 bits per heavy atom. The van der Waals surface area contributed by atoms with Gasteiger partial charge < -0.3 is 10.6 Å². The van der Waals surface area contributed by atoms with E-state index in [1.54, 1.807) is 12.1 Å². The number of benzene rings is 1. The van der Waals surface area contributed by atoms with Crippen LogP contribution in [0.5, 0.6) is 0 Å². The lowest BCUT2D eigenvalue weighted by molar-refractivity contribution is 0.501. The maximum atomic E-state index is 11.3. The summed E-state index contributed by atoms with van der Waals surface area (Å²) in [6.07, 6.45) is 2.36. The van der Waals surface area contributed by atoms with E-state index < -0.39 is 9.84 Å². The molecule has 0 spiro atoms. The van der Waals surface area contributed by atoms with Crippen molar-refractivity contribution in [2.45, 2.75) is 37.8 Å². The summed E-state index contributed by atoms with van der Waals surface area (Å²) in [5.74, 6) is 0. The summed E-state index contributed by atoms with van der Waals surface area (Å²) in [5, 5.41) is 6.76. The fraction of sp³-hybridized carbons (Fsp3) is 0.571. The van der Waals surface area contributed by atoms with Gasteiger partial charge in [-0.2, -0.15) is 0 Å². The lowest BCUT2D eigenvalue weighted by atomic mass is 10.2. The van der Waals surface area contributed by atoms with Gasteiger partial charge in [-0.25, -0.2) is 8.42 Å². The second-order valence-electron chi connectivity index (χ2n) is 4.90. The molecular formula is C14H24N2O2S. The molecule has 19 heavy (non-hydrogen) atoms. The molecule has 0 radical (unpaired) electrons. The largest absolute Gasteiger partial charge is 0.315 e. The van der Waals surface area contributed by atoms with Crippen LogP contribution in [-0.4, -0.2) is 33.8 Å². The van der Waals surface area contributed by atoms with Gasteiger partial charge in [-0.1, -0.05) is 19.1 Å². The highest BCUT2D eigenvalue weighted by molar-refractivity contribution is 7.90. The lowest BCUT2D eigenvalue weighted by Gasteiger charge is -2.14. The third-order valence-corrected chi connectivity index (χ3v) is 4.01. The van der Waals surface area contributed by atoms with Crippen molar-refractivity contribution >= 4 is 9.84 Å². The molecule has 0 aliphatic heterocycles. The van der Waals surface area contributed by atoms with Gasteiger partial charge in [0.05, 0.1) is 4.90 Å². The van der Waals surface area contributed by atoms with Crippen LogP contribution < -0.4 is 10.6 Å². The smallest absolute Gasteiger partial charge is 0.175 e. The van der Waals surface area contributed by atoms with E-state index in [4.69, 9.17) is 0 Å². The Morgan fingerprint density at radius 2 is 1.84 bits per heavy atom. The van der Waals surface area contributed by atoms with Crippen molar-refractivity contribution in [2.24, 2.45) is 0 Å². The van der Waals surface area contributed by atoms with Crippen LogP contribution in [0.2, 0.25) is 0 Å². The molecule has 0 saturated heterocycles. The second kappa shape index (κ2) is 7.62. The van der Waals surface area contributed by atoms with E-state index in [1.807, 2.05) is 12.1 Å². The van der Waals surface area contributed by atoms with Gasteiger partial charge >= 0.3 is 0 Å². The Kier molecular flexibility index (Phi) is 6.48. The van der Waals surface area contributed by atoms with Crippen LogP contribution in [0.3, 0.4) is 0 Å². The Hall–Kier alpha value is -0.910. The summed E-state index contributed by atoms with van der Waals surface area (Å²) in [7, 11) is -3.10. The van der Waals surface area contributed by atoms with Gasteiger partial charge in [-0.3, -0.25) is 0 Å². The van der Waals surface area contributed by atoms with Crippen molar-refractivity contribution < 1.29 is 8.42 Å². The fourth-order valence-corrected chi connectivity index (χ4v) is 2.34. The molecule has 1 unspecified atom stereocenters. The third kappa shape index (κ3) is 6.18. The zero-order valence-electron chi connectivity index (χ0n) is 11.9. The molecule has 108 valence electrons. The Balaban J connectivity index is 2.42. The van der Waals surface area contributed by atoms with Crippen LogP contribution in [0.1, 0.15) is 25.8 Å².